The molecule has 2 aromatic carbocycles. The summed E-state index contributed by atoms with van der Waals surface area (Å²) >= 11 is 0. The van der Waals surface area contributed by atoms with Crippen molar-refractivity contribution in [2.75, 3.05) is 0 Å². The Morgan fingerprint density at radius 2 is 1.06 bits per heavy atom. The number of hydrogen-bond donors (Lipinski definition) is 0. The van der Waals surface area contributed by atoms with E-state index in [0.29, 0.717) is 11.1 Å². The molecule has 0 atom stereocenters. The molecule has 0 spiro atoms. The highest BCUT2D eigenvalue weighted by atomic mass is 17.3. The lowest BCUT2D eigenvalue weighted by Gasteiger charge is -2.18. The van der Waals surface area contributed by atoms with Gasteiger partial charge in [-0.15, -0.1) is 9.78 Å². The molecule has 0 bridgehead atoms. The summed E-state index contributed by atoms with van der Waals surface area (Å²) < 4.78 is 0. The third kappa shape index (κ3) is 8.44. The number of aryl methyl sites for hydroxylation is 2. The summed E-state index contributed by atoms with van der Waals surface area (Å²) in [6, 6.07) is 14.4. The van der Waals surface area contributed by atoms with Crippen molar-refractivity contribution in [3.63, 3.8) is 0 Å². The molecule has 0 saturated heterocycles. The zero-order chi connectivity index (χ0) is 23.3. The number of unbranched alkanes of at least 4 members (excludes halogenated alkanes) is 2. The molecule has 0 unspecified atom stereocenters. The maximum atomic E-state index is 12.3. The first-order valence-electron chi connectivity index (χ1n) is 11.4. The van der Waals surface area contributed by atoms with Gasteiger partial charge in [-0.05, 0) is 61.1 Å². The zero-order valence-electron chi connectivity index (χ0n) is 19.5. The molecule has 2 aromatic rings. The van der Waals surface area contributed by atoms with Crippen molar-refractivity contribution in [2.24, 2.45) is 5.92 Å². The maximum Gasteiger partial charge on any atom is 0.373 e. The largest absolute Gasteiger partial charge is 0.373 e. The lowest BCUT2D eigenvalue weighted by Crippen LogP contribution is -2.26. The number of carbonyl (C=O) groups excluding carboxylic acids is 2. The van der Waals surface area contributed by atoms with Crippen LogP contribution in [-0.4, -0.2) is 18.2 Å². The molecule has 0 fully saturated rings. The topological polar surface area (TPSA) is 71.1 Å². The van der Waals surface area contributed by atoms with Crippen LogP contribution in [-0.2, 0) is 32.4 Å². The van der Waals surface area contributed by atoms with Crippen molar-refractivity contribution >= 4 is 11.9 Å². The van der Waals surface area contributed by atoms with Crippen LogP contribution in [0.4, 0.5) is 0 Å². The molecule has 174 valence electrons. The van der Waals surface area contributed by atoms with Crippen molar-refractivity contribution in [1.82, 2.24) is 0 Å². The molecule has 0 saturated carbocycles. The fourth-order valence-electron chi connectivity index (χ4n) is 2.89. The van der Waals surface area contributed by atoms with E-state index in [1.807, 2.05) is 24.3 Å². The average Bonchev–Trinajstić information content (AvgIpc) is 2.81. The monoisotopic (exact) mass is 442 g/mol. The van der Waals surface area contributed by atoms with Gasteiger partial charge in [-0.25, -0.2) is 9.59 Å². The van der Waals surface area contributed by atoms with Crippen LogP contribution in [0.25, 0.3) is 0 Å². The fraction of sp³-hybridized carbons (Fsp3) is 0.462. The molecule has 0 aliphatic carbocycles. The maximum absolute atomic E-state index is 12.3. The normalized spacial score (nSPS) is 11.1. The van der Waals surface area contributed by atoms with Crippen molar-refractivity contribution in [3.8, 4) is 0 Å². The summed E-state index contributed by atoms with van der Waals surface area (Å²) in [6.07, 6.45) is 5.31. The van der Waals surface area contributed by atoms with E-state index < -0.39 is 18.2 Å². The highest BCUT2D eigenvalue weighted by Crippen LogP contribution is 2.15. The van der Waals surface area contributed by atoms with Crippen LogP contribution in [0, 0.1) is 5.92 Å². The van der Waals surface area contributed by atoms with Gasteiger partial charge in [0.25, 0.3) is 0 Å². The Bertz CT molecular complexity index is 759. The quantitative estimate of drug-likeness (QED) is 0.208. The molecule has 0 radical (unpaired) electrons. The average molecular weight is 443 g/mol. The Hall–Kier alpha value is -2.70. The minimum absolute atomic E-state index is 0.233. The van der Waals surface area contributed by atoms with Crippen LogP contribution in [0.5, 0.6) is 0 Å². The van der Waals surface area contributed by atoms with Gasteiger partial charge in [0.05, 0.1) is 11.1 Å². The first kappa shape index (κ1) is 25.6. The summed E-state index contributed by atoms with van der Waals surface area (Å²) in [5, 5.41) is 0. The summed E-state index contributed by atoms with van der Waals surface area (Å²) in [4.78, 5) is 44.6. The highest BCUT2D eigenvalue weighted by Gasteiger charge is 2.23. The van der Waals surface area contributed by atoms with Crippen LogP contribution in [0.3, 0.4) is 0 Å². The molecule has 0 N–H and O–H groups in total. The van der Waals surface area contributed by atoms with Crippen LogP contribution < -0.4 is 0 Å². The third-order valence-corrected chi connectivity index (χ3v) is 5.00. The predicted molar refractivity (Wildman–Crippen MR) is 122 cm³/mol. The molecule has 6 heteroatoms. The van der Waals surface area contributed by atoms with Crippen molar-refractivity contribution in [2.45, 2.75) is 72.5 Å². The highest BCUT2D eigenvalue weighted by molar-refractivity contribution is 5.89. The summed E-state index contributed by atoms with van der Waals surface area (Å²) in [7, 11) is 0. The van der Waals surface area contributed by atoms with E-state index in [4.69, 9.17) is 19.6 Å². The third-order valence-electron chi connectivity index (χ3n) is 5.00. The lowest BCUT2D eigenvalue weighted by molar-refractivity contribution is -0.430. The van der Waals surface area contributed by atoms with Gasteiger partial charge in [0.1, 0.15) is 0 Å². The summed E-state index contributed by atoms with van der Waals surface area (Å²) in [6.45, 7) is 7.85. The van der Waals surface area contributed by atoms with Gasteiger partial charge in [0, 0.05) is 5.92 Å². The second-order valence-electron chi connectivity index (χ2n) is 8.15. The van der Waals surface area contributed by atoms with E-state index in [0.717, 1.165) is 49.7 Å². The minimum atomic E-state index is -1.06. The summed E-state index contributed by atoms with van der Waals surface area (Å²) in [5.41, 5.74) is 3.07. The van der Waals surface area contributed by atoms with Crippen LogP contribution >= 0.6 is 0 Å². The van der Waals surface area contributed by atoms with Crippen molar-refractivity contribution in [3.05, 3.63) is 70.8 Å². The van der Waals surface area contributed by atoms with Gasteiger partial charge in [0.15, 0.2) is 0 Å². The zero-order valence-corrected chi connectivity index (χ0v) is 19.5. The Kier molecular flexibility index (Phi) is 10.9. The number of hydrogen-bond acceptors (Lipinski definition) is 6. The Morgan fingerprint density at radius 1 is 0.688 bits per heavy atom. The minimum Gasteiger partial charge on any atom is -0.290 e. The first-order valence-corrected chi connectivity index (χ1v) is 11.4. The molecule has 2 rings (SSSR count). The van der Waals surface area contributed by atoms with Gasteiger partial charge < -0.3 is 0 Å². The molecule has 6 nitrogen and oxygen atoms in total. The Balaban J connectivity index is 1.84. The van der Waals surface area contributed by atoms with Gasteiger partial charge in [0.2, 0.25) is 6.29 Å². The molecule has 0 aliphatic rings. The van der Waals surface area contributed by atoms with Gasteiger partial charge in [-0.3, -0.25) is 9.78 Å². The molecule has 0 amide bonds. The second-order valence-corrected chi connectivity index (χ2v) is 8.15. The molecular formula is C26H34O6. The van der Waals surface area contributed by atoms with Crippen molar-refractivity contribution in [1.29, 1.82) is 0 Å². The smallest absolute Gasteiger partial charge is 0.290 e. The lowest BCUT2D eigenvalue weighted by atomic mass is 10.1. The van der Waals surface area contributed by atoms with E-state index in [9.17, 15) is 9.59 Å². The van der Waals surface area contributed by atoms with Crippen molar-refractivity contribution < 1.29 is 29.1 Å². The summed E-state index contributed by atoms with van der Waals surface area (Å²) in [5.74, 6) is -1.52. The van der Waals surface area contributed by atoms with E-state index in [1.165, 1.54) is 0 Å². The van der Waals surface area contributed by atoms with E-state index in [1.54, 1.807) is 38.1 Å². The molecule has 32 heavy (non-hydrogen) atoms. The molecule has 0 heterocycles. The van der Waals surface area contributed by atoms with E-state index in [2.05, 4.69) is 13.8 Å². The Morgan fingerprint density at radius 3 is 1.38 bits per heavy atom. The van der Waals surface area contributed by atoms with Gasteiger partial charge in [-0.2, -0.15) is 0 Å². The first-order chi connectivity index (χ1) is 15.4. The Labute approximate surface area is 190 Å². The van der Waals surface area contributed by atoms with E-state index in [-0.39, 0.29) is 5.92 Å². The predicted octanol–water partition coefficient (Wildman–Crippen LogP) is 6.23. The fourth-order valence-corrected chi connectivity index (χ4v) is 2.89. The van der Waals surface area contributed by atoms with Crippen LogP contribution in [0.1, 0.15) is 85.2 Å². The molecule has 0 aliphatic heterocycles. The number of benzene rings is 2. The van der Waals surface area contributed by atoms with E-state index >= 15 is 0 Å². The van der Waals surface area contributed by atoms with Crippen LogP contribution in [0.15, 0.2) is 48.5 Å². The standard InChI is InChI=1S/C26H34O6/c1-5-7-9-20-11-15-22(16-12-20)24(27)29-31-26(19(3)4)32-30-25(28)23-17-13-21(14-18-23)10-8-6-2/h11-19,26H,5-10H2,1-4H3. The molecular weight excluding hydrogens is 408 g/mol. The SMILES string of the molecule is CCCCc1ccc(C(=O)OOC(OOC(=O)c2ccc(CCCC)cc2)C(C)C)cc1. The number of carbonyl (C=O) groups is 2. The van der Waals surface area contributed by atoms with Crippen LogP contribution in [0.2, 0.25) is 0 Å². The molecule has 0 aromatic heterocycles. The second kappa shape index (κ2) is 13.7. The number of rotatable bonds is 13. The van der Waals surface area contributed by atoms with Gasteiger partial charge >= 0.3 is 11.9 Å². The van der Waals surface area contributed by atoms with Gasteiger partial charge in [-0.1, -0.05) is 64.8 Å².